The van der Waals surface area contributed by atoms with Crippen LogP contribution in [0.2, 0.25) is 0 Å². The number of allylic oxidation sites excluding steroid dienone is 1. The summed E-state index contributed by atoms with van der Waals surface area (Å²) in [4.78, 5) is 24.5. The van der Waals surface area contributed by atoms with E-state index in [1.807, 2.05) is 25.5 Å². The Labute approximate surface area is 182 Å². The molecule has 1 N–H and O–H groups in total. The lowest BCUT2D eigenvalue weighted by Gasteiger charge is -2.20. The summed E-state index contributed by atoms with van der Waals surface area (Å²) in [5.74, 6) is 1.10. The number of hydrogen-bond donors (Lipinski definition) is 1. The Hall–Kier alpha value is -3.61. The molecular weight excluding hydrogens is 386 g/mol. The summed E-state index contributed by atoms with van der Waals surface area (Å²) < 4.78 is 0. The van der Waals surface area contributed by atoms with Crippen LogP contribution in [0.4, 0.5) is 5.82 Å². The highest BCUT2D eigenvalue weighted by Gasteiger charge is 2.23. The van der Waals surface area contributed by atoms with Crippen LogP contribution in [0, 0.1) is 6.92 Å². The normalized spacial score (nSPS) is 17.4. The molecule has 156 valence electrons. The van der Waals surface area contributed by atoms with Gasteiger partial charge in [0.15, 0.2) is 0 Å². The van der Waals surface area contributed by atoms with Gasteiger partial charge in [0.1, 0.15) is 5.82 Å². The van der Waals surface area contributed by atoms with E-state index < -0.39 is 0 Å². The van der Waals surface area contributed by atoms with Crippen LogP contribution in [0.1, 0.15) is 29.4 Å². The van der Waals surface area contributed by atoms with Crippen molar-refractivity contribution in [2.75, 3.05) is 24.5 Å². The van der Waals surface area contributed by atoms with Crippen molar-refractivity contribution in [2.45, 2.75) is 25.8 Å². The SMILES string of the molecule is Cc1cc(-c2ccnc3c2CCN3CCNC2=CCC(c3cnccn3)N=C2)ccn1. The van der Waals surface area contributed by atoms with Crippen molar-refractivity contribution in [1.29, 1.82) is 0 Å². The average Bonchev–Trinajstić information content (AvgIpc) is 3.23. The first-order valence-corrected chi connectivity index (χ1v) is 10.7. The van der Waals surface area contributed by atoms with Crippen LogP contribution < -0.4 is 10.2 Å². The second kappa shape index (κ2) is 8.63. The molecule has 0 spiro atoms. The van der Waals surface area contributed by atoms with E-state index in [4.69, 9.17) is 0 Å². The van der Waals surface area contributed by atoms with E-state index in [1.165, 1.54) is 16.7 Å². The molecule has 0 amide bonds. The van der Waals surface area contributed by atoms with Crippen LogP contribution in [-0.2, 0) is 6.42 Å². The van der Waals surface area contributed by atoms with Crippen molar-refractivity contribution < 1.29 is 0 Å². The molecule has 1 atom stereocenters. The third-order valence-electron chi connectivity index (χ3n) is 5.76. The van der Waals surface area contributed by atoms with Crippen LogP contribution in [-0.4, -0.2) is 45.8 Å². The Morgan fingerprint density at radius 3 is 2.84 bits per heavy atom. The zero-order valence-corrected chi connectivity index (χ0v) is 17.6. The maximum atomic E-state index is 4.69. The molecule has 0 radical (unpaired) electrons. The molecular formula is C24H25N7. The predicted molar refractivity (Wildman–Crippen MR) is 122 cm³/mol. The van der Waals surface area contributed by atoms with Gasteiger partial charge in [-0.15, -0.1) is 0 Å². The molecule has 31 heavy (non-hydrogen) atoms. The zero-order valence-electron chi connectivity index (χ0n) is 17.6. The van der Waals surface area contributed by atoms with E-state index >= 15 is 0 Å². The van der Waals surface area contributed by atoms with Crippen molar-refractivity contribution >= 4 is 12.0 Å². The number of hydrogen-bond acceptors (Lipinski definition) is 7. The molecule has 7 nitrogen and oxygen atoms in total. The van der Waals surface area contributed by atoms with Crippen LogP contribution in [0.25, 0.3) is 11.1 Å². The van der Waals surface area contributed by atoms with E-state index in [9.17, 15) is 0 Å². The van der Waals surface area contributed by atoms with Gasteiger partial charge < -0.3 is 10.2 Å². The van der Waals surface area contributed by atoms with Gasteiger partial charge in [0, 0.05) is 67.6 Å². The van der Waals surface area contributed by atoms with E-state index in [-0.39, 0.29) is 6.04 Å². The second-order valence-electron chi connectivity index (χ2n) is 7.83. The lowest BCUT2D eigenvalue weighted by Crippen LogP contribution is -2.31. The fourth-order valence-corrected chi connectivity index (χ4v) is 4.21. The highest BCUT2D eigenvalue weighted by atomic mass is 15.2. The summed E-state index contributed by atoms with van der Waals surface area (Å²) in [6.07, 6.45) is 14.9. The highest BCUT2D eigenvalue weighted by Crippen LogP contribution is 2.34. The van der Waals surface area contributed by atoms with E-state index in [0.29, 0.717) is 0 Å². The quantitative estimate of drug-likeness (QED) is 0.671. The summed E-state index contributed by atoms with van der Waals surface area (Å²) in [6, 6.07) is 6.40. The molecule has 0 bridgehead atoms. The first-order chi connectivity index (χ1) is 15.3. The topological polar surface area (TPSA) is 79.2 Å². The van der Waals surface area contributed by atoms with Gasteiger partial charge in [-0.1, -0.05) is 6.08 Å². The molecule has 2 aliphatic rings. The number of aryl methyl sites for hydroxylation is 1. The van der Waals surface area contributed by atoms with Gasteiger partial charge in [0.2, 0.25) is 0 Å². The summed E-state index contributed by atoms with van der Waals surface area (Å²) in [6.45, 7) is 4.76. The molecule has 5 rings (SSSR count). The van der Waals surface area contributed by atoms with Gasteiger partial charge in [0.05, 0.1) is 17.9 Å². The number of rotatable bonds is 6. The van der Waals surface area contributed by atoms with Crippen molar-refractivity contribution in [1.82, 2.24) is 25.3 Å². The fourth-order valence-electron chi connectivity index (χ4n) is 4.21. The number of aliphatic imine (C=N–C) groups is 1. The molecule has 0 aromatic carbocycles. The lowest BCUT2D eigenvalue weighted by atomic mass is 10.0. The van der Waals surface area contributed by atoms with Crippen LogP contribution >= 0.6 is 0 Å². The van der Waals surface area contributed by atoms with E-state index in [1.54, 1.807) is 18.6 Å². The highest BCUT2D eigenvalue weighted by molar-refractivity contribution is 5.79. The zero-order chi connectivity index (χ0) is 21.0. The molecule has 3 aromatic heterocycles. The lowest BCUT2D eigenvalue weighted by molar-refractivity contribution is 0.686. The largest absolute Gasteiger partial charge is 0.382 e. The van der Waals surface area contributed by atoms with Crippen LogP contribution in [0.5, 0.6) is 0 Å². The van der Waals surface area contributed by atoms with Gasteiger partial charge in [0.25, 0.3) is 0 Å². The third kappa shape index (κ3) is 4.17. The molecule has 0 fully saturated rings. The molecule has 2 aliphatic heterocycles. The summed E-state index contributed by atoms with van der Waals surface area (Å²) in [5, 5.41) is 3.50. The molecule has 1 unspecified atom stereocenters. The minimum atomic E-state index is 0.0594. The number of anilines is 1. The first kappa shape index (κ1) is 19.4. The molecule has 0 aliphatic carbocycles. The Morgan fingerprint density at radius 1 is 1.10 bits per heavy atom. The minimum Gasteiger partial charge on any atom is -0.382 e. The molecule has 3 aromatic rings. The number of aromatic nitrogens is 4. The van der Waals surface area contributed by atoms with Gasteiger partial charge in [-0.25, -0.2) is 4.98 Å². The maximum Gasteiger partial charge on any atom is 0.132 e. The smallest absolute Gasteiger partial charge is 0.132 e. The number of pyridine rings is 2. The van der Waals surface area contributed by atoms with Gasteiger partial charge >= 0.3 is 0 Å². The maximum absolute atomic E-state index is 4.69. The standard InChI is InChI=1S/C24H25N7/c1-17-14-18(4-7-26-17)20-5-8-29-24-21(20)6-12-31(24)13-11-27-19-2-3-22(30-15-19)23-16-25-9-10-28-23/h2,4-5,7-10,14-16,22,27H,3,6,11-13H2,1H3. The number of nitrogens with one attached hydrogen (secondary N) is 1. The molecule has 0 saturated heterocycles. The number of dihydropyridines is 1. The fraction of sp³-hybridized carbons (Fsp3) is 0.292. The van der Waals surface area contributed by atoms with Crippen molar-refractivity contribution in [3.05, 3.63) is 77.9 Å². The number of fused-ring (bicyclic) bond motifs is 1. The second-order valence-corrected chi connectivity index (χ2v) is 7.83. The molecule has 5 heterocycles. The Morgan fingerprint density at radius 2 is 2.03 bits per heavy atom. The summed E-state index contributed by atoms with van der Waals surface area (Å²) in [5.41, 5.74) is 6.82. The van der Waals surface area contributed by atoms with E-state index in [2.05, 4.69) is 59.4 Å². The predicted octanol–water partition coefficient (Wildman–Crippen LogP) is 3.29. The van der Waals surface area contributed by atoms with Gasteiger partial charge in [-0.05, 0) is 49.1 Å². The van der Waals surface area contributed by atoms with Gasteiger partial charge in [-0.2, -0.15) is 0 Å². The molecule has 0 saturated carbocycles. The molecule has 7 heteroatoms. The Bertz CT molecular complexity index is 1120. The Kier molecular flexibility index (Phi) is 5.39. The number of nitrogens with zero attached hydrogens (tertiary/aromatic N) is 6. The summed E-state index contributed by atoms with van der Waals surface area (Å²) in [7, 11) is 0. The third-order valence-corrected chi connectivity index (χ3v) is 5.76. The van der Waals surface area contributed by atoms with Crippen molar-refractivity contribution in [3.8, 4) is 11.1 Å². The summed E-state index contributed by atoms with van der Waals surface area (Å²) >= 11 is 0. The monoisotopic (exact) mass is 411 g/mol. The average molecular weight is 412 g/mol. The van der Waals surface area contributed by atoms with Crippen LogP contribution in [0.15, 0.2) is 65.9 Å². The minimum absolute atomic E-state index is 0.0594. The Balaban J connectivity index is 1.20. The van der Waals surface area contributed by atoms with Crippen LogP contribution in [0.3, 0.4) is 0 Å². The van der Waals surface area contributed by atoms with E-state index in [0.717, 1.165) is 55.4 Å². The first-order valence-electron chi connectivity index (χ1n) is 10.7. The van der Waals surface area contributed by atoms with Gasteiger partial charge in [-0.3, -0.25) is 19.9 Å². The van der Waals surface area contributed by atoms with Crippen molar-refractivity contribution in [2.24, 2.45) is 4.99 Å². The van der Waals surface area contributed by atoms with Crippen molar-refractivity contribution in [3.63, 3.8) is 0 Å².